The lowest BCUT2D eigenvalue weighted by Crippen LogP contribution is -2.40. The van der Waals surface area contributed by atoms with Crippen molar-refractivity contribution in [2.45, 2.75) is 33.6 Å². The molecule has 6 heteroatoms. The van der Waals surface area contributed by atoms with Gasteiger partial charge in [-0.05, 0) is 81.6 Å². The summed E-state index contributed by atoms with van der Waals surface area (Å²) < 4.78 is 12.6. The van der Waals surface area contributed by atoms with E-state index in [9.17, 15) is 9.59 Å². The van der Waals surface area contributed by atoms with Gasteiger partial charge < -0.3 is 18.9 Å². The number of likely N-dealkylation sites (tertiary alicyclic amines) is 1. The number of piperidine rings is 1. The van der Waals surface area contributed by atoms with Crippen molar-refractivity contribution in [3.8, 4) is 22.7 Å². The molecule has 1 saturated heterocycles. The summed E-state index contributed by atoms with van der Waals surface area (Å²) in [4.78, 5) is 27.5. The van der Waals surface area contributed by atoms with Gasteiger partial charge in [-0.2, -0.15) is 0 Å². The Morgan fingerprint density at radius 2 is 1.62 bits per heavy atom. The first-order valence-corrected chi connectivity index (χ1v) is 11.8. The number of aryl methyl sites for hydroxylation is 1. The average molecular weight is 461 g/mol. The predicted octanol–water partition coefficient (Wildman–Crippen LogP) is 5.19. The molecule has 4 rings (SSSR count). The van der Waals surface area contributed by atoms with Crippen LogP contribution in [0.2, 0.25) is 0 Å². The molecule has 0 spiro atoms. The van der Waals surface area contributed by atoms with Crippen molar-refractivity contribution in [1.29, 1.82) is 0 Å². The molecule has 0 radical (unpaired) electrons. The van der Waals surface area contributed by atoms with Gasteiger partial charge in [0.15, 0.2) is 0 Å². The maximum Gasteiger partial charge on any atom is 0.309 e. The minimum Gasteiger partial charge on any atom is -0.497 e. The molecule has 1 aliphatic heterocycles. The molecule has 0 saturated carbocycles. The fourth-order valence-corrected chi connectivity index (χ4v) is 4.57. The van der Waals surface area contributed by atoms with E-state index >= 15 is 0 Å². The van der Waals surface area contributed by atoms with Gasteiger partial charge in [-0.1, -0.05) is 17.7 Å². The maximum atomic E-state index is 13.6. The monoisotopic (exact) mass is 460 g/mol. The van der Waals surface area contributed by atoms with Gasteiger partial charge in [-0.15, -0.1) is 0 Å². The molecule has 3 aromatic rings. The van der Waals surface area contributed by atoms with Crippen molar-refractivity contribution >= 4 is 11.9 Å². The number of ether oxygens (including phenoxy) is 2. The van der Waals surface area contributed by atoms with Crippen molar-refractivity contribution < 1.29 is 19.1 Å². The Hall–Kier alpha value is -3.54. The summed E-state index contributed by atoms with van der Waals surface area (Å²) in [6, 6.07) is 18.2. The number of methoxy groups -OCH3 is 1. The van der Waals surface area contributed by atoms with Crippen LogP contribution in [-0.2, 0) is 9.53 Å². The van der Waals surface area contributed by atoms with Crippen molar-refractivity contribution in [3.63, 3.8) is 0 Å². The molecule has 1 fully saturated rings. The summed E-state index contributed by atoms with van der Waals surface area (Å²) in [5.41, 5.74) is 5.72. The lowest BCUT2D eigenvalue weighted by Gasteiger charge is -2.31. The Morgan fingerprint density at radius 1 is 0.971 bits per heavy atom. The van der Waals surface area contributed by atoms with Gasteiger partial charge >= 0.3 is 5.97 Å². The lowest BCUT2D eigenvalue weighted by atomic mass is 9.96. The summed E-state index contributed by atoms with van der Waals surface area (Å²) in [5.74, 6) is 0.505. The molecule has 1 aromatic heterocycles. The molecule has 0 atom stereocenters. The van der Waals surface area contributed by atoms with Gasteiger partial charge in [0.05, 0.1) is 30.9 Å². The smallest absolute Gasteiger partial charge is 0.309 e. The van der Waals surface area contributed by atoms with E-state index in [2.05, 4.69) is 35.8 Å². The van der Waals surface area contributed by atoms with Crippen molar-refractivity contribution in [1.82, 2.24) is 9.47 Å². The fraction of sp³-hybridized carbons (Fsp3) is 0.357. The Balaban J connectivity index is 1.67. The van der Waals surface area contributed by atoms with E-state index in [0.29, 0.717) is 38.1 Å². The quantitative estimate of drug-likeness (QED) is 0.475. The van der Waals surface area contributed by atoms with Crippen LogP contribution in [0.5, 0.6) is 5.75 Å². The van der Waals surface area contributed by atoms with Crippen LogP contribution in [0.4, 0.5) is 0 Å². The van der Waals surface area contributed by atoms with E-state index in [0.717, 1.165) is 28.4 Å². The van der Waals surface area contributed by atoms with Gasteiger partial charge in [0.1, 0.15) is 5.75 Å². The standard InChI is InChI=1S/C28H32N2O4/c1-5-34-28(32)22-14-16-29(17-15-22)27(31)25-18-26(21-8-12-24(33-4)13-9-21)30(20(25)3)23-10-6-19(2)7-11-23/h6-13,18,22H,5,14-17H2,1-4H3. The number of hydrogen-bond donors (Lipinski definition) is 0. The second kappa shape index (κ2) is 10.2. The van der Waals surface area contributed by atoms with E-state index in [1.165, 1.54) is 5.56 Å². The number of carbonyl (C=O) groups excluding carboxylic acids is 2. The van der Waals surface area contributed by atoms with E-state index in [4.69, 9.17) is 9.47 Å². The second-order valence-electron chi connectivity index (χ2n) is 8.75. The Morgan fingerprint density at radius 3 is 2.21 bits per heavy atom. The van der Waals surface area contributed by atoms with Gasteiger partial charge in [0.2, 0.25) is 0 Å². The summed E-state index contributed by atoms with van der Waals surface area (Å²) >= 11 is 0. The molecule has 2 heterocycles. The number of carbonyl (C=O) groups is 2. The van der Waals surface area contributed by atoms with Gasteiger partial charge in [0, 0.05) is 24.5 Å². The van der Waals surface area contributed by atoms with Gasteiger partial charge in [0.25, 0.3) is 5.91 Å². The zero-order valence-corrected chi connectivity index (χ0v) is 20.3. The minimum atomic E-state index is -0.155. The number of amides is 1. The number of rotatable bonds is 6. The largest absolute Gasteiger partial charge is 0.497 e. The van der Waals surface area contributed by atoms with E-state index in [1.807, 2.05) is 49.1 Å². The van der Waals surface area contributed by atoms with Gasteiger partial charge in [-0.3, -0.25) is 9.59 Å². The lowest BCUT2D eigenvalue weighted by molar-refractivity contribution is -0.149. The first-order chi connectivity index (χ1) is 16.4. The van der Waals surface area contributed by atoms with Crippen LogP contribution < -0.4 is 4.74 Å². The van der Waals surface area contributed by atoms with Crippen LogP contribution in [0.25, 0.3) is 16.9 Å². The zero-order valence-electron chi connectivity index (χ0n) is 20.3. The molecule has 0 unspecified atom stereocenters. The molecule has 1 amide bonds. The Labute approximate surface area is 201 Å². The zero-order chi connectivity index (χ0) is 24.2. The van der Waals surface area contributed by atoms with Crippen LogP contribution in [0.3, 0.4) is 0 Å². The van der Waals surface area contributed by atoms with Gasteiger partial charge in [-0.25, -0.2) is 0 Å². The van der Waals surface area contributed by atoms with Crippen LogP contribution in [0.1, 0.15) is 41.4 Å². The number of benzene rings is 2. The van der Waals surface area contributed by atoms with E-state index in [-0.39, 0.29) is 17.8 Å². The predicted molar refractivity (Wildman–Crippen MR) is 132 cm³/mol. The molecule has 2 aromatic carbocycles. The first-order valence-electron chi connectivity index (χ1n) is 11.8. The Bertz CT molecular complexity index is 1150. The van der Waals surface area contributed by atoms with Crippen molar-refractivity contribution in [2.24, 2.45) is 5.92 Å². The molecule has 34 heavy (non-hydrogen) atoms. The van der Waals surface area contributed by atoms with Crippen molar-refractivity contribution in [3.05, 3.63) is 71.4 Å². The molecule has 0 bridgehead atoms. The maximum absolute atomic E-state index is 13.6. The summed E-state index contributed by atoms with van der Waals surface area (Å²) in [7, 11) is 1.65. The van der Waals surface area contributed by atoms with Crippen LogP contribution in [-0.4, -0.2) is 48.1 Å². The summed E-state index contributed by atoms with van der Waals surface area (Å²) in [6.07, 6.45) is 1.27. The number of aromatic nitrogens is 1. The normalized spacial score (nSPS) is 14.2. The summed E-state index contributed by atoms with van der Waals surface area (Å²) in [6.45, 7) is 7.36. The van der Waals surface area contributed by atoms with E-state index in [1.54, 1.807) is 7.11 Å². The van der Waals surface area contributed by atoms with E-state index < -0.39 is 0 Å². The highest BCUT2D eigenvalue weighted by molar-refractivity contribution is 5.97. The van der Waals surface area contributed by atoms with Crippen LogP contribution in [0, 0.1) is 19.8 Å². The third kappa shape index (κ3) is 4.72. The third-order valence-corrected chi connectivity index (χ3v) is 6.56. The molecular formula is C28H32N2O4. The first kappa shape index (κ1) is 23.6. The molecule has 1 aliphatic rings. The Kier molecular flexibility index (Phi) is 7.06. The molecule has 6 nitrogen and oxygen atoms in total. The molecule has 0 aliphatic carbocycles. The molecule has 0 N–H and O–H groups in total. The SMILES string of the molecule is CCOC(=O)C1CCN(C(=O)c2cc(-c3ccc(OC)cc3)n(-c3ccc(C)cc3)c2C)CC1. The highest BCUT2D eigenvalue weighted by Crippen LogP contribution is 2.32. The number of nitrogens with zero attached hydrogens (tertiary/aromatic N) is 2. The highest BCUT2D eigenvalue weighted by Gasteiger charge is 2.30. The van der Waals surface area contributed by atoms with Crippen LogP contribution in [0.15, 0.2) is 54.6 Å². The van der Waals surface area contributed by atoms with Crippen molar-refractivity contribution in [2.75, 3.05) is 26.8 Å². The number of hydrogen-bond acceptors (Lipinski definition) is 4. The highest BCUT2D eigenvalue weighted by atomic mass is 16.5. The average Bonchev–Trinajstić information content (AvgIpc) is 3.21. The second-order valence-corrected chi connectivity index (χ2v) is 8.75. The minimum absolute atomic E-state index is 0.000400. The number of esters is 1. The third-order valence-electron chi connectivity index (χ3n) is 6.56. The van der Waals surface area contributed by atoms with Crippen LogP contribution >= 0.6 is 0 Å². The fourth-order valence-electron chi connectivity index (χ4n) is 4.57. The topological polar surface area (TPSA) is 60.8 Å². The molecule has 178 valence electrons. The summed E-state index contributed by atoms with van der Waals surface area (Å²) in [5, 5.41) is 0. The molecular weight excluding hydrogens is 428 g/mol.